The Kier molecular flexibility index (Phi) is 3.71. The van der Waals surface area contributed by atoms with Crippen molar-refractivity contribution in [2.24, 2.45) is 0 Å². The zero-order valence-electron chi connectivity index (χ0n) is 12.1. The maximum atomic E-state index is 13.3. The summed E-state index contributed by atoms with van der Waals surface area (Å²) >= 11 is 0. The van der Waals surface area contributed by atoms with Gasteiger partial charge in [-0.2, -0.15) is 0 Å². The number of furan rings is 1. The highest BCUT2D eigenvalue weighted by Crippen LogP contribution is 2.30. The largest absolute Gasteiger partial charge is 0.459 e. The number of nitrogens with zero attached hydrogens (tertiary/aromatic N) is 1. The van der Waals surface area contributed by atoms with Gasteiger partial charge in [0, 0.05) is 17.8 Å². The molecule has 0 amide bonds. The van der Waals surface area contributed by atoms with Gasteiger partial charge in [-0.25, -0.2) is 4.39 Å². The summed E-state index contributed by atoms with van der Waals surface area (Å²) in [7, 11) is 1.89. The second-order valence-electron chi connectivity index (χ2n) is 4.98. The molecule has 0 bridgehead atoms. The molecule has 1 aromatic carbocycles. The van der Waals surface area contributed by atoms with Crippen LogP contribution in [0.15, 0.2) is 47.1 Å². The molecule has 2 heterocycles. The van der Waals surface area contributed by atoms with Gasteiger partial charge in [0.2, 0.25) is 0 Å². The van der Waals surface area contributed by atoms with E-state index in [2.05, 4.69) is 17.2 Å². The molecule has 3 rings (SSSR count). The molecule has 2 aromatic heterocycles. The van der Waals surface area contributed by atoms with Crippen LogP contribution in [0.5, 0.6) is 0 Å². The number of aryl methyl sites for hydroxylation is 1. The van der Waals surface area contributed by atoms with Gasteiger partial charge in [-0.05, 0) is 54.9 Å². The van der Waals surface area contributed by atoms with Crippen molar-refractivity contribution in [1.82, 2.24) is 10.3 Å². The lowest BCUT2D eigenvalue weighted by Gasteiger charge is -2.17. The predicted molar refractivity (Wildman–Crippen MR) is 80.7 cm³/mol. The second kappa shape index (κ2) is 5.66. The van der Waals surface area contributed by atoms with E-state index in [9.17, 15) is 4.39 Å². The van der Waals surface area contributed by atoms with Crippen molar-refractivity contribution in [3.05, 3.63) is 65.4 Å². The first-order valence-corrected chi connectivity index (χ1v) is 7.02. The fourth-order valence-corrected chi connectivity index (χ4v) is 2.64. The standard InChI is InChI=1S/C17H17FN2O/c1-3-11-10-20-7-6-14(11)17(19-2)16-9-12-8-13(18)4-5-15(12)21-16/h4-10,17,19H,3H2,1-2H3. The molecule has 0 aliphatic rings. The number of aromatic nitrogens is 1. The van der Waals surface area contributed by atoms with E-state index in [4.69, 9.17) is 4.42 Å². The summed E-state index contributed by atoms with van der Waals surface area (Å²) in [6, 6.07) is 8.37. The zero-order chi connectivity index (χ0) is 14.8. The summed E-state index contributed by atoms with van der Waals surface area (Å²) in [6.45, 7) is 2.10. The first-order valence-electron chi connectivity index (χ1n) is 7.02. The van der Waals surface area contributed by atoms with E-state index >= 15 is 0 Å². The van der Waals surface area contributed by atoms with Crippen molar-refractivity contribution >= 4 is 11.0 Å². The van der Waals surface area contributed by atoms with Crippen LogP contribution >= 0.6 is 0 Å². The van der Waals surface area contributed by atoms with E-state index in [1.54, 1.807) is 12.3 Å². The molecule has 4 heteroatoms. The van der Waals surface area contributed by atoms with E-state index < -0.39 is 0 Å². The van der Waals surface area contributed by atoms with Gasteiger partial charge in [-0.1, -0.05) is 6.92 Å². The van der Waals surface area contributed by atoms with Crippen molar-refractivity contribution in [2.75, 3.05) is 7.05 Å². The Labute approximate surface area is 122 Å². The quantitative estimate of drug-likeness (QED) is 0.791. The first kappa shape index (κ1) is 13.8. The molecular formula is C17H17FN2O. The highest BCUT2D eigenvalue weighted by atomic mass is 19.1. The normalized spacial score (nSPS) is 12.7. The van der Waals surface area contributed by atoms with Gasteiger partial charge in [0.05, 0.1) is 6.04 Å². The van der Waals surface area contributed by atoms with Crippen LogP contribution in [0.25, 0.3) is 11.0 Å². The van der Waals surface area contributed by atoms with Crippen LogP contribution in [0.2, 0.25) is 0 Å². The number of nitrogens with one attached hydrogen (secondary N) is 1. The summed E-state index contributed by atoms with van der Waals surface area (Å²) < 4.78 is 19.2. The number of pyridine rings is 1. The molecule has 0 aliphatic carbocycles. The number of hydrogen-bond donors (Lipinski definition) is 1. The molecule has 1 atom stereocenters. The topological polar surface area (TPSA) is 38.1 Å². The molecule has 0 aliphatic heterocycles. The Morgan fingerprint density at radius 2 is 2.14 bits per heavy atom. The fraction of sp³-hybridized carbons (Fsp3) is 0.235. The predicted octanol–water partition coefficient (Wildman–Crippen LogP) is 3.84. The van der Waals surface area contributed by atoms with Gasteiger partial charge in [0.25, 0.3) is 0 Å². The summed E-state index contributed by atoms with van der Waals surface area (Å²) in [5.41, 5.74) is 3.00. The Hall–Kier alpha value is -2.20. The monoisotopic (exact) mass is 284 g/mol. The lowest BCUT2D eigenvalue weighted by atomic mass is 9.99. The minimum absolute atomic E-state index is 0.0709. The Bertz CT molecular complexity index is 766. The van der Waals surface area contributed by atoms with E-state index in [1.807, 2.05) is 25.4 Å². The van der Waals surface area contributed by atoms with Crippen LogP contribution in [0, 0.1) is 5.82 Å². The van der Waals surface area contributed by atoms with Crippen molar-refractivity contribution in [2.45, 2.75) is 19.4 Å². The summed E-state index contributed by atoms with van der Waals surface area (Å²) in [4.78, 5) is 4.17. The molecule has 0 saturated heterocycles. The summed E-state index contributed by atoms with van der Waals surface area (Å²) in [5, 5.41) is 4.04. The average Bonchev–Trinajstić information content (AvgIpc) is 2.91. The van der Waals surface area contributed by atoms with Crippen molar-refractivity contribution in [3.8, 4) is 0 Å². The molecule has 3 nitrogen and oxygen atoms in total. The van der Waals surface area contributed by atoms with E-state index in [0.717, 1.165) is 23.1 Å². The minimum atomic E-state index is -0.256. The molecule has 0 radical (unpaired) electrons. The third kappa shape index (κ3) is 2.54. The van der Waals surface area contributed by atoms with E-state index in [0.29, 0.717) is 5.58 Å². The molecule has 0 spiro atoms. The van der Waals surface area contributed by atoms with Crippen molar-refractivity contribution in [1.29, 1.82) is 0 Å². The van der Waals surface area contributed by atoms with Gasteiger partial charge in [-0.15, -0.1) is 0 Å². The molecule has 21 heavy (non-hydrogen) atoms. The third-order valence-electron chi connectivity index (χ3n) is 3.70. The summed E-state index contributed by atoms with van der Waals surface area (Å²) in [6.07, 6.45) is 4.55. The average molecular weight is 284 g/mol. The van der Waals surface area contributed by atoms with Crippen molar-refractivity contribution in [3.63, 3.8) is 0 Å². The number of benzene rings is 1. The fourth-order valence-electron chi connectivity index (χ4n) is 2.64. The van der Waals surface area contributed by atoms with Crippen LogP contribution in [0.1, 0.15) is 29.9 Å². The Morgan fingerprint density at radius 3 is 2.90 bits per heavy atom. The molecule has 3 aromatic rings. The summed E-state index contributed by atoms with van der Waals surface area (Å²) in [5.74, 6) is 0.521. The van der Waals surface area contributed by atoms with Gasteiger partial charge in [0.1, 0.15) is 17.2 Å². The molecule has 1 N–H and O–H groups in total. The molecule has 0 fully saturated rings. The Morgan fingerprint density at radius 1 is 1.29 bits per heavy atom. The van der Waals surface area contributed by atoms with Crippen LogP contribution in [-0.4, -0.2) is 12.0 Å². The van der Waals surface area contributed by atoms with Crippen LogP contribution < -0.4 is 5.32 Å². The second-order valence-corrected chi connectivity index (χ2v) is 4.98. The SMILES string of the molecule is CCc1cnccc1C(NC)c1cc2cc(F)ccc2o1. The van der Waals surface area contributed by atoms with Gasteiger partial charge in [0.15, 0.2) is 0 Å². The smallest absolute Gasteiger partial charge is 0.134 e. The van der Waals surface area contributed by atoms with Crippen LogP contribution in [-0.2, 0) is 6.42 Å². The van der Waals surface area contributed by atoms with Gasteiger partial charge >= 0.3 is 0 Å². The molecule has 108 valence electrons. The van der Waals surface area contributed by atoms with Gasteiger partial charge < -0.3 is 9.73 Å². The number of halogens is 1. The molecular weight excluding hydrogens is 267 g/mol. The van der Waals surface area contributed by atoms with E-state index in [1.165, 1.54) is 17.7 Å². The zero-order valence-corrected chi connectivity index (χ0v) is 12.1. The van der Waals surface area contributed by atoms with Crippen molar-refractivity contribution < 1.29 is 8.81 Å². The minimum Gasteiger partial charge on any atom is -0.459 e. The Balaban J connectivity index is 2.09. The molecule has 1 unspecified atom stereocenters. The highest BCUT2D eigenvalue weighted by Gasteiger charge is 2.19. The lowest BCUT2D eigenvalue weighted by molar-refractivity contribution is 0.489. The maximum Gasteiger partial charge on any atom is 0.134 e. The number of fused-ring (bicyclic) bond motifs is 1. The van der Waals surface area contributed by atoms with Crippen LogP contribution in [0.3, 0.4) is 0 Å². The van der Waals surface area contributed by atoms with Gasteiger partial charge in [-0.3, -0.25) is 4.98 Å². The lowest BCUT2D eigenvalue weighted by Crippen LogP contribution is -2.18. The number of rotatable bonds is 4. The van der Waals surface area contributed by atoms with Crippen LogP contribution in [0.4, 0.5) is 4.39 Å². The maximum absolute atomic E-state index is 13.3. The van der Waals surface area contributed by atoms with E-state index in [-0.39, 0.29) is 11.9 Å². The third-order valence-corrected chi connectivity index (χ3v) is 3.70. The molecule has 0 saturated carbocycles. The highest BCUT2D eigenvalue weighted by molar-refractivity contribution is 5.78. The number of hydrogen-bond acceptors (Lipinski definition) is 3. The first-order chi connectivity index (χ1) is 10.2.